The average molecular weight is 550 g/mol. The molecule has 5 rings (SSSR count). The van der Waals surface area contributed by atoms with Crippen LogP contribution in [0.3, 0.4) is 0 Å². The summed E-state index contributed by atoms with van der Waals surface area (Å²) in [5.74, 6) is 1.57. The van der Waals surface area contributed by atoms with E-state index in [1.54, 1.807) is 11.8 Å². The van der Waals surface area contributed by atoms with Crippen LogP contribution in [0.5, 0.6) is 0 Å². The minimum atomic E-state index is -0.404. The Labute approximate surface area is 237 Å². The summed E-state index contributed by atoms with van der Waals surface area (Å²) >= 11 is 1.72. The van der Waals surface area contributed by atoms with Crippen LogP contribution >= 0.6 is 11.8 Å². The third-order valence-corrected chi connectivity index (χ3v) is 9.46. The topological polar surface area (TPSA) is 82.8 Å². The maximum atomic E-state index is 13.3. The highest BCUT2D eigenvalue weighted by atomic mass is 32.2. The highest BCUT2D eigenvalue weighted by Gasteiger charge is 2.34. The molecule has 0 spiro atoms. The second-order valence-corrected chi connectivity index (χ2v) is 12.4. The number of thioether (sulfide) groups is 1. The predicted molar refractivity (Wildman–Crippen MR) is 158 cm³/mol. The number of rotatable bonds is 7. The molecule has 2 aliphatic heterocycles. The lowest BCUT2D eigenvalue weighted by Gasteiger charge is -2.40. The monoisotopic (exact) mass is 549 g/mol. The molecule has 2 saturated heterocycles. The lowest BCUT2D eigenvalue weighted by atomic mass is 9.92. The molecule has 0 radical (unpaired) electrons. The molecule has 3 aliphatic rings. The van der Waals surface area contributed by atoms with Crippen molar-refractivity contribution in [2.45, 2.75) is 57.5 Å². The van der Waals surface area contributed by atoms with Crippen LogP contribution in [0, 0.1) is 12.8 Å². The molecule has 0 bridgehead atoms. The number of nitrogens with zero attached hydrogens (tertiary/aromatic N) is 4. The number of hydrogen-bond donors (Lipinski definition) is 1. The summed E-state index contributed by atoms with van der Waals surface area (Å²) in [6.07, 6.45) is 9.07. The van der Waals surface area contributed by atoms with Gasteiger partial charge in [-0.2, -0.15) is 11.8 Å². The van der Waals surface area contributed by atoms with E-state index in [-0.39, 0.29) is 17.9 Å². The molecule has 210 valence electrons. The van der Waals surface area contributed by atoms with Gasteiger partial charge in [-0.15, -0.1) is 0 Å². The Hall–Kier alpha value is -2.42. The number of amides is 2. The van der Waals surface area contributed by atoms with E-state index in [2.05, 4.69) is 41.0 Å². The van der Waals surface area contributed by atoms with Gasteiger partial charge in [-0.3, -0.25) is 19.5 Å². The fourth-order valence-corrected chi connectivity index (χ4v) is 6.97. The van der Waals surface area contributed by atoms with Gasteiger partial charge < -0.3 is 15.5 Å². The zero-order valence-corrected chi connectivity index (χ0v) is 24.3. The molecule has 8 heteroatoms. The standard InChI is InChI=1S/C31H43N5O2S/c1-22-5-8-26-25(20-22)7-6-24-4-3-12-33-29(24)30(26)35-17-15-34(16-18-35)28(37)21-23-9-13-36(14-10-23)31(38)27(32)11-19-39-2/h3-5,8,12,20,23,27,30H,6-7,9-11,13-19,21,32H2,1-2H3/t27-,30?/m0/s1. The number of benzene rings is 1. The Morgan fingerprint density at radius 3 is 2.51 bits per heavy atom. The molecule has 3 heterocycles. The third-order valence-electron chi connectivity index (χ3n) is 8.81. The van der Waals surface area contributed by atoms with Crippen molar-refractivity contribution in [3.8, 4) is 0 Å². The van der Waals surface area contributed by atoms with Crippen LogP contribution in [0.1, 0.15) is 59.7 Å². The van der Waals surface area contributed by atoms with Crippen LogP contribution in [0.25, 0.3) is 0 Å². The van der Waals surface area contributed by atoms with Gasteiger partial charge in [-0.25, -0.2) is 0 Å². The van der Waals surface area contributed by atoms with Gasteiger partial charge >= 0.3 is 0 Å². The number of nitrogens with two attached hydrogens (primary N) is 1. The first-order valence-corrected chi connectivity index (χ1v) is 15.9. The summed E-state index contributed by atoms with van der Waals surface area (Å²) in [5.41, 5.74) is 12.7. The molecule has 2 fully saturated rings. The number of likely N-dealkylation sites (tertiary alicyclic amines) is 1. The summed E-state index contributed by atoms with van der Waals surface area (Å²) < 4.78 is 0. The Balaban J connectivity index is 1.17. The minimum Gasteiger partial charge on any atom is -0.341 e. The summed E-state index contributed by atoms with van der Waals surface area (Å²) in [5, 5.41) is 0. The van der Waals surface area contributed by atoms with Gasteiger partial charge in [0.15, 0.2) is 0 Å². The number of hydrogen-bond acceptors (Lipinski definition) is 6. The zero-order chi connectivity index (χ0) is 27.4. The zero-order valence-electron chi connectivity index (χ0n) is 23.5. The largest absolute Gasteiger partial charge is 0.341 e. The fraction of sp³-hybridized carbons (Fsp3) is 0.581. The van der Waals surface area contributed by atoms with Gasteiger partial charge in [0.2, 0.25) is 11.8 Å². The minimum absolute atomic E-state index is 0.0660. The molecule has 2 aromatic rings. The normalized spacial score (nSPS) is 21.2. The maximum absolute atomic E-state index is 13.3. The van der Waals surface area contributed by atoms with E-state index < -0.39 is 6.04 Å². The van der Waals surface area contributed by atoms with Gasteiger partial charge in [-0.05, 0) is 79.7 Å². The second kappa shape index (κ2) is 12.8. The van der Waals surface area contributed by atoms with E-state index in [9.17, 15) is 9.59 Å². The van der Waals surface area contributed by atoms with Gasteiger partial charge in [-0.1, -0.05) is 29.8 Å². The first-order chi connectivity index (χ1) is 18.9. The number of pyridine rings is 1. The van der Waals surface area contributed by atoms with Crippen LogP contribution in [0.4, 0.5) is 0 Å². The van der Waals surface area contributed by atoms with Gasteiger partial charge in [0.25, 0.3) is 0 Å². The molecule has 39 heavy (non-hydrogen) atoms. The van der Waals surface area contributed by atoms with Crippen molar-refractivity contribution in [2.24, 2.45) is 11.7 Å². The Kier molecular flexibility index (Phi) is 9.25. The number of carbonyl (C=O) groups excluding carboxylic acids is 2. The average Bonchev–Trinajstić information content (AvgIpc) is 3.12. The molecular formula is C31H43N5O2S. The smallest absolute Gasteiger partial charge is 0.239 e. The van der Waals surface area contributed by atoms with Crippen molar-refractivity contribution in [3.05, 3.63) is 64.5 Å². The Bertz CT molecular complexity index is 1160. The number of fused-ring (bicyclic) bond motifs is 2. The van der Waals surface area contributed by atoms with Crippen LogP contribution in [-0.4, -0.2) is 88.8 Å². The van der Waals surface area contributed by atoms with Crippen LogP contribution in [0.15, 0.2) is 36.5 Å². The van der Waals surface area contributed by atoms with E-state index in [4.69, 9.17) is 10.7 Å². The van der Waals surface area contributed by atoms with Gasteiger partial charge in [0.1, 0.15) is 0 Å². The van der Waals surface area contributed by atoms with E-state index in [0.29, 0.717) is 25.4 Å². The summed E-state index contributed by atoms with van der Waals surface area (Å²) in [6.45, 7) is 6.79. The molecule has 1 aromatic heterocycles. The molecule has 1 unspecified atom stereocenters. The van der Waals surface area contributed by atoms with Gasteiger partial charge in [0.05, 0.1) is 17.8 Å². The molecule has 2 atom stereocenters. The Morgan fingerprint density at radius 2 is 1.77 bits per heavy atom. The van der Waals surface area contributed by atoms with Gasteiger partial charge in [0, 0.05) is 51.9 Å². The van der Waals surface area contributed by atoms with Crippen molar-refractivity contribution in [3.63, 3.8) is 0 Å². The van der Waals surface area contributed by atoms with E-state index in [0.717, 1.165) is 64.0 Å². The third kappa shape index (κ3) is 6.50. The number of piperidine rings is 1. The number of piperazine rings is 1. The molecular weight excluding hydrogens is 506 g/mol. The molecule has 0 saturated carbocycles. The lowest BCUT2D eigenvalue weighted by Crippen LogP contribution is -2.51. The van der Waals surface area contributed by atoms with Crippen molar-refractivity contribution >= 4 is 23.6 Å². The van der Waals surface area contributed by atoms with Crippen molar-refractivity contribution in [1.29, 1.82) is 0 Å². The quantitative estimate of drug-likeness (QED) is 0.570. The second-order valence-electron chi connectivity index (χ2n) is 11.4. The van der Waals surface area contributed by atoms with Crippen molar-refractivity contribution < 1.29 is 9.59 Å². The number of carbonyl (C=O) groups is 2. The van der Waals surface area contributed by atoms with E-state index in [1.807, 2.05) is 23.4 Å². The fourth-order valence-electron chi connectivity index (χ4n) is 6.48. The lowest BCUT2D eigenvalue weighted by molar-refractivity contribution is -0.136. The summed E-state index contributed by atoms with van der Waals surface area (Å²) in [7, 11) is 0. The maximum Gasteiger partial charge on any atom is 0.239 e. The van der Waals surface area contributed by atoms with Crippen molar-refractivity contribution in [1.82, 2.24) is 19.7 Å². The van der Waals surface area contributed by atoms with E-state index >= 15 is 0 Å². The number of aryl methyl sites for hydroxylation is 3. The van der Waals surface area contributed by atoms with E-state index in [1.165, 1.54) is 27.9 Å². The molecule has 2 N–H and O–H groups in total. The molecule has 2 amide bonds. The summed E-state index contributed by atoms with van der Waals surface area (Å²) in [4.78, 5) is 37.3. The Morgan fingerprint density at radius 1 is 1.03 bits per heavy atom. The number of aromatic nitrogens is 1. The van der Waals surface area contributed by atoms with Crippen LogP contribution in [-0.2, 0) is 22.4 Å². The highest BCUT2D eigenvalue weighted by Crippen LogP contribution is 2.36. The molecule has 1 aliphatic carbocycles. The first kappa shape index (κ1) is 28.1. The highest BCUT2D eigenvalue weighted by molar-refractivity contribution is 7.98. The predicted octanol–water partition coefficient (Wildman–Crippen LogP) is 3.43. The first-order valence-electron chi connectivity index (χ1n) is 14.5. The summed E-state index contributed by atoms with van der Waals surface area (Å²) in [6, 6.07) is 10.9. The van der Waals surface area contributed by atoms with Crippen molar-refractivity contribution in [2.75, 3.05) is 51.3 Å². The van der Waals surface area contributed by atoms with Crippen LogP contribution < -0.4 is 5.73 Å². The molecule has 1 aromatic carbocycles. The molecule has 7 nitrogen and oxygen atoms in total. The SMILES string of the molecule is CSCC[C@H](N)C(=O)N1CCC(CC(=O)N2CCN(C3c4ccc(C)cc4CCc4cccnc43)CC2)CC1. The van der Waals surface area contributed by atoms with Crippen LogP contribution in [0.2, 0.25) is 0 Å².